The minimum atomic E-state index is -0.342. The number of benzene rings is 2. The fourth-order valence-corrected chi connectivity index (χ4v) is 3.63. The minimum absolute atomic E-state index is 0.221. The zero-order chi connectivity index (χ0) is 16.8. The zero-order valence-electron chi connectivity index (χ0n) is 13.3. The second-order valence-corrected chi connectivity index (χ2v) is 7.67. The summed E-state index contributed by atoms with van der Waals surface area (Å²) in [6.45, 7) is 6.13. The molecule has 0 bridgehead atoms. The molecule has 0 radical (unpaired) electrons. The van der Waals surface area contributed by atoms with Gasteiger partial charge in [0.2, 0.25) is 0 Å². The number of hydrogen-bond acceptors (Lipinski definition) is 2. The number of halogens is 1. The fraction of sp³-hybridized carbons (Fsp3) is 0.263. The highest BCUT2D eigenvalue weighted by Crippen LogP contribution is 2.44. The van der Waals surface area contributed by atoms with Crippen molar-refractivity contribution in [3.8, 4) is 0 Å². The van der Waals surface area contributed by atoms with Crippen LogP contribution in [0.25, 0.3) is 0 Å². The van der Waals surface area contributed by atoms with E-state index in [4.69, 9.17) is 0 Å². The molecule has 0 saturated carbocycles. The van der Waals surface area contributed by atoms with Gasteiger partial charge in [0.05, 0.1) is 17.2 Å². The van der Waals surface area contributed by atoms with Crippen molar-refractivity contribution < 1.29 is 9.59 Å². The van der Waals surface area contributed by atoms with Crippen LogP contribution in [0.4, 0.5) is 0 Å². The van der Waals surface area contributed by atoms with Crippen molar-refractivity contribution in [1.82, 2.24) is 4.90 Å². The average molecular weight is 372 g/mol. The van der Waals surface area contributed by atoms with Crippen molar-refractivity contribution in [2.45, 2.75) is 26.8 Å². The Hall–Kier alpha value is -1.94. The van der Waals surface area contributed by atoms with Gasteiger partial charge < -0.3 is 0 Å². The van der Waals surface area contributed by atoms with Gasteiger partial charge in [-0.1, -0.05) is 67.0 Å². The lowest BCUT2D eigenvalue weighted by Gasteiger charge is -2.37. The number of amides is 2. The topological polar surface area (TPSA) is 37.4 Å². The summed E-state index contributed by atoms with van der Waals surface area (Å²) < 4.78 is 0.900. The standard InChI is InChI=1S/C19H18BrNO2/c1-19(2,3)16(14-10-6-7-11-15(14)20)21-17(22)12-8-4-5-9-13(12)18(21)23/h4-11,16H,1-3H3. The van der Waals surface area contributed by atoms with Crippen LogP contribution in [0.15, 0.2) is 53.0 Å². The second kappa shape index (κ2) is 5.60. The lowest BCUT2D eigenvalue weighted by molar-refractivity contribution is 0.0452. The largest absolute Gasteiger partial charge is 0.269 e. The Morgan fingerprint density at radius 1 is 0.870 bits per heavy atom. The minimum Gasteiger partial charge on any atom is -0.269 e. The number of carbonyl (C=O) groups excluding carboxylic acids is 2. The highest BCUT2D eigenvalue weighted by Gasteiger charge is 2.45. The van der Waals surface area contributed by atoms with Gasteiger partial charge in [-0.2, -0.15) is 0 Å². The summed E-state index contributed by atoms with van der Waals surface area (Å²) in [5.74, 6) is -0.442. The molecule has 2 aromatic rings. The van der Waals surface area contributed by atoms with E-state index in [-0.39, 0.29) is 23.3 Å². The summed E-state index contributed by atoms with van der Waals surface area (Å²) in [5.41, 5.74) is 1.61. The van der Waals surface area contributed by atoms with E-state index in [1.807, 2.05) is 45.0 Å². The molecule has 0 spiro atoms. The smallest absolute Gasteiger partial charge is 0.262 e. The Balaban J connectivity index is 2.16. The van der Waals surface area contributed by atoms with Crippen molar-refractivity contribution in [3.05, 3.63) is 69.7 Å². The summed E-state index contributed by atoms with van der Waals surface area (Å²) >= 11 is 3.56. The number of rotatable bonds is 2. The van der Waals surface area contributed by atoms with E-state index in [1.54, 1.807) is 24.3 Å². The van der Waals surface area contributed by atoms with Crippen LogP contribution in [0.2, 0.25) is 0 Å². The molecule has 1 aliphatic heterocycles. The quantitative estimate of drug-likeness (QED) is 0.708. The molecule has 1 heterocycles. The predicted octanol–water partition coefficient (Wildman–Crippen LogP) is 4.83. The molecule has 1 aliphatic rings. The van der Waals surface area contributed by atoms with Crippen molar-refractivity contribution >= 4 is 27.7 Å². The maximum atomic E-state index is 12.9. The molecule has 2 aromatic carbocycles. The molecule has 1 unspecified atom stereocenters. The van der Waals surface area contributed by atoms with E-state index in [1.165, 1.54) is 4.90 Å². The number of fused-ring (bicyclic) bond motifs is 1. The molecule has 0 aromatic heterocycles. The van der Waals surface area contributed by atoms with Gasteiger partial charge in [-0.3, -0.25) is 14.5 Å². The Labute approximate surface area is 144 Å². The van der Waals surface area contributed by atoms with Crippen LogP contribution in [-0.2, 0) is 0 Å². The molecule has 2 amide bonds. The molecule has 0 N–H and O–H groups in total. The lowest BCUT2D eigenvalue weighted by Crippen LogP contribution is -2.41. The second-order valence-electron chi connectivity index (χ2n) is 6.82. The Kier molecular flexibility index (Phi) is 3.88. The molecule has 1 atom stereocenters. The van der Waals surface area contributed by atoms with Gasteiger partial charge in [0.15, 0.2) is 0 Å². The molecule has 0 aliphatic carbocycles. The summed E-state index contributed by atoms with van der Waals surface area (Å²) in [5, 5.41) is 0. The lowest BCUT2D eigenvalue weighted by atomic mass is 9.81. The van der Waals surface area contributed by atoms with Gasteiger partial charge in [0, 0.05) is 4.47 Å². The molecule has 4 heteroatoms. The summed E-state index contributed by atoms with van der Waals surface area (Å²) in [4.78, 5) is 27.1. The van der Waals surface area contributed by atoms with Crippen molar-refractivity contribution in [3.63, 3.8) is 0 Å². The van der Waals surface area contributed by atoms with Gasteiger partial charge in [-0.25, -0.2) is 0 Å². The average Bonchev–Trinajstić information content (AvgIpc) is 2.74. The van der Waals surface area contributed by atoms with E-state index in [0.29, 0.717) is 11.1 Å². The van der Waals surface area contributed by atoms with Crippen LogP contribution in [0.1, 0.15) is 53.1 Å². The third-order valence-corrected chi connectivity index (χ3v) is 4.83. The van der Waals surface area contributed by atoms with E-state index >= 15 is 0 Å². The fourth-order valence-electron chi connectivity index (χ4n) is 3.13. The van der Waals surface area contributed by atoms with E-state index < -0.39 is 0 Å². The zero-order valence-corrected chi connectivity index (χ0v) is 14.9. The first-order chi connectivity index (χ1) is 10.8. The molecule has 0 fully saturated rings. The van der Waals surface area contributed by atoms with Gasteiger partial charge in [-0.15, -0.1) is 0 Å². The molecule has 3 rings (SSSR count). The van der Waals surface area contributed by atoms with E-state index in [0.717, 1.165) is 10.0 Å². The van der Waals surface area contributed by atoms with Crippen molar-refractivity contribution in [1.29, 1.82) is 0 Å². The third kappa shape index (κ3) is 2.61. The van der Waals surface area contributed by atoms with Gasteiger partial charge in [0.25, 0.3) is 11.8 Å². The normalized spacial score (nSPS) is 15.7. The van der Waals surface area contributed by atoms with Gasteiger partial charge >= 0.3 is 0 Å². The molecule has 3 nitrogen and oxygen atoms in total. The Morgan fingerprint density at radius 2 is 1.35 bits per heavy atom. The van der Waals surface area contributed by atoms with Gasteiger partial charge in [0.1, 0.15) is 0 Å². The molecule has 118 valence electrons. The summed E-state index contributed by atoms with van der Waals surface area (Å²) in [7, 11) is 0. The van der Waals surface area contributed by atoms with Crippen LogP contribution >= 0.6 is 15.9 Å². The van der Waals surface area contributed by atoms with Crippen molar-refractivity contribution in [2.75, 3.05) is 0 Å². The Morgan fingerprint density at radius 3 is 1.83 bits per heavy atom. The first-order valence-electron chi connectivity index (χ1n) is 7.53. The maximum absolute atomic E-state index is 12.9. The van der Waals surface area contributed by atoms with Crippen molar-refractivity contribution in [2.24, 2.45) is 5.41 Å². The summed E-state index contributed by atoms with van der Waals surface area (Å²) in [6, 6.07) is 14.4. The predicted molar refractivity (Wildman–Crippen MR) is 93.3 cm³/mol. The third-order valence-electron chi connectivity index (χ3n) is 4.10. The number of imide groups is 1. The SMILES string of the molecule is CC(C)(C)C(c1ccccc1Br)N1C(=O)c2ccccc2C1=O. The van der Waals surface area contributed by atoms with Gasteiger partial charge in [-0.05, 0) is 29.2 Å². The van der Waals surface area contributed by atoms with Crippen LogP contribution in [-0.4, -0.2) is 16.7 Å². The number of nitrogens with zero attached hydrogens (tertiary/aromatic N) is 1. The van der Waals surface area contributed by atoms with Crippen LogP contribution in [0.3, 0.4) is 0 Å². The van der Waals surface area contributed by atoms with Crippen LogP contribution in [0, 0.1) is 5.41 Å². The number of hydrogen-bond donors (Lipinski definition) is 0. The first-order valence-corrected chi connectivity index (χ1v) is 8.33. The monoisotopic (exact) mass is 371 g/mol. The number of carbonyl (C=O) groups is 2. The van der Waals surface area contributed by atoms with E-state index in [2.05, 4.69) is 15.9 Å². The molecular weight excluding hydrogens is 354 g/mol. The Bertz CT molecular complexity index is 757. The highest BCUT2D eigenvalue weighted by atomic mass is 79.9. The molecule has 0 saturated heterocycles. The maximum Gasteiger partial charge on any atom is 0.262 e. The van der Waals surface area contributed by atoms with Crippen LogP contribution < -0.4 is 0 Å². The molecular formula is C19H18BrNO2. The summed E-state index contributed by atoms with van der Waals surface area (Å²) in [6.07, 6.45) is 0. The first kappa shape index (κ1) is 15.9. The highest BCUT2D eigenvalue weighted by molar-refractivity contribution is 9.10. The molecule has 23 heavy (non-hydrogen) atoms. The van der Waals surface area contributed by atoms with Crippen LogP contribution in [0.5, 0.6) is 0 Å². The van der Waals surface area contributed by atoms with E-state index in [9.17, 15) is 9.59 Å².